The number of aryl methyl sites for hydroxylation is 1. The Kier molecular flexibility index (Phi) is 6.58. The summed E-state index contributed by atoms with van der Waals surface area (Å²) < 4.78 is 8.22. The van der Waals surface area contributed by atoms with E-state index in [2.05, 4.69) is 39.0 Å². The Morgan fingerprint density at radius 3 is 2.32 bits per heavy atom. The number of halogens is 1. The standard InChI is InChI=1S/C31H25ClN4OS/c1-21-10-14-25(15-11-21)37-26-16-12-23(13-17-26)36-30(29(34-31(36)38)27-8-2-3-18-33-27)28-9-5-19-35(28)24-7-4-6-22(32)20-24/h2-20,29-30H,1H3,(H,34,38)/t29-,30+/m1/s1. The van der Waals surface area contributed by atoms with Gasteiger partial charge in [-0.2, -0.15) is 0 Å². The van der Waals surface area contributed by atoms with E-state index in [1.807, 2.05) is 103 Å². The molecule has 2 aromatic heterocycles. The van der Waals surface area contributed by atoms with Crippen LogP contribution in [-0.2, 0) is 0 Å². The van der Waals surface area contributed by atoms with Gasteiger partial charge in [0, 0.05) is 34.5 Å². The molecule has 38 heavy (non-hydrogen) atoms. The number of hydrogen-bond acceptors (Lipinski definition) is 3. The zero-order chi connectivity index (χ0) is 26.1. The van der Waals surface area contributed by atoms with Crippen LogP contribution in [0.25, 0.3) is 5.69 Å². The highest BCUT2D eigenvalue weighted by Crippen LogP contribution is 2.42. The van der Waals surface area contributed by atoms with E-state index >= 15 is 0 Å². The lowest BCUT2D eigenvalue weighted by Gasteiger charge is -2.29. The summed E-state index contributed by atoms with van der Waals surface area (Å²) in [4.78, 5) is 6.82. The minimum absolute atomic E-state index is 0.153. The maximum atomic E-state index is 6.35. The molecular weight excluding hydrogens is 512 g/mol. The fourth-order valence-corrected chi connectivity index (χ4v) is 5.38. The second-order valence-electron chi connectivity index (χ2n) is 9.19. The average molecular weight is 537 g/mol. The predicted molar refractivity (Wildman–Crippen MR) is 156 cm³/mol. The Labute approximate surface area is 232 Å². The van der Waals surface area contributed by atoms with E-state index in [0.29, 0.717) is 10.1 Å². The topological polar surface area (TPSA) is 42.3 Å². The number of rotatable bonds is 6. The fourth-order valence-electron chi connectivity index (χ4n) is 4.85. The van der Waals surface area contributed by atoms with Crippen LogP contribution in [0, 0.1) is 6.92 Å². The molecule has 5 nitrogen and oxygen atoms in total. The summed E-state index contributed by atoms with van der Waals surface area (Å²) in [6.45, 7) is 2.06. The summed E-state index contributed by atoms with van der Waals surface area (Å²) in [6, 6.07) is 33.7. The molecular formula is C31H25ClN4OS. The number of ether oxygens (including phenoxy) is 1. The lowest BCUT2D eigenvalue weighted by molar-refractivity contribution is 0.482. The summed E-state index contributed by atoms with van der Waals surface area (Å²) >= 11 is 12.3. The van der Waals surface area contributed by atoms with Crippen LogP contribution in [0.15, 0.2) is 116 Å². The number of hydrogen-bond donors (Lipinski definition) is 1. The van der Waals surface area contributed by atoms with Gasteiger partial charge in [0.15, 0.2) is 5.11 Å². The maximum Gasteiger partial charge on any atom is 0.174 e. The molecule has 0 unspecified atom stereocenters. The first-order valence-corrected chi connectivity index (χ1v) is 13.1. The number of anilines is 1. The molecule has 188 valence electrons. The number of nitrogens with zero attached hydrogens (tertiary/aromatic N) is 3. The average Bonchev–Trinajstić information content (AvgIpc) is 3.55. The van der Waals surface area contributed by atoms with Crippen LogP contribution in [-0.4, -0.2) is 14.7 Å². The van der Waals surface area contributed by atoms with Crippen molar-refractivity contribution in [1.29, 1.82) is 0 Å². The van der Waals surface area contributed by atoms with Crippen molar-refractivity contribution in [3.8, 4) is 17.2 Å². The zero-order valence-electron chi connectivity index (χ0n) is 20.7. The van der Waals surface area contributed by atoms with Gasteiger partial charge in [0.05, 0.1) is 11.7 Å². The molecule has 3 aromatic carbocycles. The first-order valence-electron chi connectivity index (χ1n) is 12.4. The molecule has 1 aliphatic heterocycles. The maximum absolute atomic E-state index is 6.35. The second-order valence-corrected chi connectivity index (χ2v) is 10.0. The van der Waals surface area contributed by atoms with E-state index in [4.69, 9.17) is 28.6 Å². The molecule has 0 bridgehead atoms. The first-order chi connectivity index (χ1) is 18.6. The molecule has 3 heterocycles. The highest BCUT2D eigenvalue weighted by molar-refractivity contribution is 7.80. The molecule has 0 amide bonds. The van der Waals surface area contributed by atoms with Crippen molar-refractivity contribution >= 4 is 34.6 Å². The summed E-state index contributed by atoms with van der Waals surface area (Å²) in [5.41, 5.74) is 5.12. The van der Waals surface area contributed by atoms with Gasteiger partial charge in [-0.15, -0.1) is 0 Å². The van der Waals surface area contributed by atoms with Crippen molar-refractivity contribution in [2.24, 2.45) is 0 Å². The molecule has 1 saturated heterocycles. The lowest BCUT2D eigenvalue weighted by atomic mass is 10.0. The third-order valence-electron chi connectivity index (χ3n) is 6.64. The van der Waals surface area contributed by atoms with Crippen molar-refractivity contribution in [1.82, 2.24) is 14.9 Å². The molecule has 1 N–H and O–H groups in total. The minimum atomic E-state index is -0.157. The van der Waals surface area contributed by atoms with Crippen LogP contribution in [0.2, 0.25) is 5.02 Å². The third-order valence-corrected chi connectivity index (χ3v) is 7.19. The zero-order valence-corrected chi connectivity index (χ0v) is 22.2. The molecule has 5 aromatic rings. The van der Waals surface area contributed by atoms with Crippen LogP contribution in [0.4, 0.5) is 5.69 Å². The Balaban J connectivity index is 1.39. The normalized spacial score (nSPS) is 16.9. The quantitative estimate of drug-likeness (QED) is 0.224. The van der Waals surface area contributed by atoms with E-state index < -0.39 is 0 Å². The van der Waals surface area contributed by atoms with E-state index in [1.165, 1.54) is 5.56 Å². The third kappa shape index (κ3) is 4.76. The molecule has 0 radical (unpaired) electrons. The summed E-state index contributed by atoms with van der Waals surface area (Å²) in [6.07, 6.45) is 3.86. The Morgan fingerprint density at radius 1 is 0.842 bits per heavy atom. The van der Waals surface area contributed by atoms with Crippen molar-refractivity contribution in [2.45, 2.75) is 19.0 Å². The van der Waals surface area contributed by atoms with Crippen molar-refractivity contribution in [3.63, 3.8) is 0 Å². The highest BCUT2D eigenvalue weighted by Gasteiger charge is 2.42. The molecule has 2 atom stereocenters. The SMILES string of the molecule is Cc1ccc(Oc2ccc(N3C(=S)N[C@H](c4ccccn4)[C@@H]3c3cccn3-c3cccc(Cl)c3)cc2)cc1. The van der Waals surface area contributed by atoms with Crippen molar-refractivity contribution < 1.29 is 4.74 Å². The number of nitrogens with one attached hydrogen (secondary N) is 1. The number of pyridine rings is 1. The van der Waals surface area contributed by atoms with Gasteiger partial charge in [-0.05, 0) is 98.0 Å². The van der Waals surface area contributed by atoms with Gasteiger partial charge in [0.25, 0.3) is 0 Å². The smallest absolute Gasteiger partial charge is 0.174 e. The van der Waals surface area contributed by atoms with Gasteiger partial charge in [-0.1, -0.05) is 41.4 Å². The van der Waals surface area contributed by atoms with Crippen molar-refractivity contribution in [3.05, 3.63) is 137 Å². The Morgan fingerprint density at radius 2 is 1.61 bits per heavy atom. The molecule has 0 aliphatic carbocycles. The second kappa shape index (κ2) is 10.3. The molecule has 7 heteroatoms. The summed E-state index contributed by atoms with van der Waals surface area (Å²) in [5, 5.41) is 4.85. The first kappa shape index (κ1) is 24.2. The van der Waals surface area contributed by atoms with E-state index in [9.17, 15) is 0 Å². The van der Waals surface area contributed by atoms with Crippen LogP contribution >= 0.6 is 23.8 Å². The van der Waals surface area contributed by atoms with Gasteiger partial charge in [-0.25, -0.2) is 0 Å². The largest absolute Gasteiger partial charge is 0.457 e. The number of aromatic nitrogens is 2. The number of benzene rings is 3. The van der Waals surface area contributed by atoms with Crippen LogP contribution < -0.4 is 15.0 Å². The molecule has 6 rings (SSSR count). The van der Waals surface area contributed by atoms with Gasteiger partial charge < -0.3 is 19.5 Å². The van der Waals surface area contributed by atoms with Crippen LogP contribution in [0.5, 0.6) is 11.5 Å². The predicted octanol–water partition coefficient (Wildman–Crippen LogP) is 7.80. The van der Waals surface area contributed by atoms with E-state index in [-0.39, 0.29) is 12.1 Å². The van der Waals surface area contributed by atoms with Crippen molar-refractivity contribution in [2.75, 3.05) is 4.90 Å². The Hall–Kier alpha value is -4.13. The van der Waals surface area contributed by atoms with Gasteiger partial charge in [0.1, 0.15) is 17.5 Å². The fraction of sp³-hybridized carbons (Fsp3) is 0.0968. The lowest BCUT2D eigenvalue weighted by Crippen LogP contribution is -2.30. The van der Waals surface area contributed by atoms with Gasteiger partial charge in [0.2, 0.25) is 0 Å². The Bertz CT molecular complexity index is 1570. The minimum Gasteiger partial charge on any atom is -0.457 e. The summed E-state index contributed by atoms with van der Waals surface area (Å²) in [7, 11) is 0. The monoisotopic (exact) mass is 536 g/mol. The van der Waals surface area contributed by atoms with Crippen LogP contribution in [0.1, 0.15) is 29.0 Å². The van der Waals surface area contributed by atoms with Crippen LogP contribution in [0.3, 0.4) is 0 Å². The number of thiocarbonyl (C=S) groups is 1. The van der Waals surface area contributed by atoms with E-state index in [0.717, 1.165) is 34.3 Å². The van der Waals surface area contributed by atoms with Gasteiger partial charge >= 0.3 is 0 Å². The molecule has 0 spiro atoms. The summed E-state index contributed by atoms with van der Waals surface area (Å²) in [5.74, 6) is 1.56. The van der Waals surface area contributed by atoms with E-state index in [1.54, 1.807) is 0 Å². The highest BCUT2D eigenvalue weighted by atomic mass is 35.5. The van der Waals surface area contributed by atoms with Gasteiger partial charge in [-0.3, -0.25) is 4.98 Å². The molecule has 1 aliphatic rings. The molecule has 0 saturated carbocycles. The molecule has 1 fully saturated rings.